The summed E-state index contributed by atoms with van der Waals surface area (Å²) in [6.07, 6.45) is 3.45. The number of aryl methyl sites for hydroxylation is 1. The lowest BCUT2D eigenvalue weighted by Gasteiger charge is -2.17. The zero-order valence-corrected chi connectivity index (χ0v) is 12.3. The van der Waals surface area contributed by atoms with Gasteiger partial charge in [0, 0.05) is 11.1 Å². The summed E-state index contributed by atoms with van der Waals surface area (Å²) in [5.74, 6) is -0.222. The lowest BCUT2D eigenvalue weighted by molar-refractivity contribution is 0.102. The third-order valence-electron chi connectivity index (χ3n) is 3.50. The van der Waals surface area contributed by atoms with E-state index in [1.54, 1.807) is 12.1 Å². The lowest BCUT2D eigenvalue weighted by Crippen LogP contribution is -2.13. The lowest BCUT2D eigenvalue weighted by atomic mass is 9.86. The Morgan fingerprint density at radius 2 is 1.90 bits per heavy atom. The molecule has 0 N–H and O–H groups in total. The van der Waals surface area contributed by atoms with Crippen molar-refractivity contribution in [3.63, 3.8) is 0 Å². The molecule has 0 radical (unpaired) electrons. The standard InChI is InChI=1S/C17H12BrFO/c18-15-10-11(5-8-16(15)19)9-13-7-6-12-3-1-2-4-14(12)17(13)20/h1-5,8-10H,6-7H2. The van der Waals surface area contributed by atoms with Gasteiger partial charge in [-0.1, -0.05) is 30.3 Å². The fourth-order valence-electron chi connectivity index (χ4n) is 2.46. The minimum absolute atomic E-state index is 0.0762. The molecule has 0 saturated carbocycles. The van der Waals surface area contributed by atoms with Crippen molar-refractivity contribution in [3.8, 4) is 0 Å². The number of ketones is 1. The second kappa shape index (κ2) is 5.33. The molecule has 0 aliphatic heterocycles. The van der Waals surface area contributed by atoms with Gasteiger partial charge in [0.25, 0.3) is 0 Å². The van der Waals surface area contributed by atoms with Crippen LogP contribution >= 0.6 is 15.9 Å². The van der Waals surface area contributed by atoms with Gasteiger partial charge in [0.1, 0.15) is 5.82 Å². The van der Waals surface area contributed by atoms with Crippen LogP contribution in [0.5, 0.6) is 0 Å². The van der Waals surface area contributed by atoms with E-state index in [0.29, 0.717) is 4.47 Å². The van der Waals surface area contributed by atoms with Crippen molar-refractivity contribution < 1.29 is 9.18 Å². The van der Waals surface area contributed by atoms with Crippen molar-refractivity contribution in [2.45, 2.75) is 12.8 Å². The summed E-state index contributed by atoms with van der Waals surface area (Å²) in [5.41, 5.74) is 3.50. The minimum atomic E-state index is -0.299. The second-order valence-electron chi connectivity index (χ2n) is 4.83. The van der Waals surface area contributed by atoms with Crippen LogP contribution in [0.3, 0.4) is 0 Å². The molecule has 100 valence electrons. The SMILES string of the molecule is O=C1C(=Cc2ccc(F)c(Br)c2)CCc2ccccc21. The monoisotopic (exact) mass is 330 g/mol. The molecule has 0 atom stereocenters. The fourth-order valence-corrected chi connectivity index (χ4v) is 2.85. The number of halogens is 2. The average Bonchev–Trinajstić information content (AvgIpc) is 2.46. The number of rotatable bonds is 1. The van der Waals surface area contributed by atoms with Crippen molar-refractivity contribution in [1.82, 2.24) is 0 Å². The van der Waals surface area contributed by atoms with Crippen molar-refractivity contribution in [2.24, 2.45) is 0 Å². The van der Waals surface area contributed by atoms with Crippen molar-refractivity contribution in [2.75, 3.05) is 0 Å². The van der Waals surface area contributed by atoms with Gasteiger partial charge in [0.05, 0.1) is 4.47 Å². The third-order valence-corrected chi connectivity index (χ3v) is 4.11. The molecule has 2 aromatic carbocycles. The summed E-state index contributed by atoms with van der Waals surface area (Å²) in [6.45, 7) is 0. The summed E-state index contributed by atoms with van der Waals surface area (Å²) in [5, 5.41) is 0. The van der Waals surface area contributed by atoms with Gasteiger partial charge >= 0.3 is 0 Å². The van der Waals surface area contributed by atoms with Gasteiger partial charge in [-0.05, 0) is 58.1 Å². The zero-order valence-electron chi connectivity index (χ0n) is 10.7. The normalized spacial score (nSPS) is 16.3. The van der Waals surface area contributed by atoms with Crippen LogP contribution in [0, 0.1) is 5.82 Å². The maximum atomic E-state index is 13.2. The molecule has 0 spiro atoms. The molecule has 20 heavy (non-hydrogen) atoms. The van der Waals surface area contributed by atoms with Crippen LogP contribution in [-0.4, -0.2) is 5.78 Å². The first kappa shape index (κ1) is 13.3. The molecule has 1 nitrogen and oxygen atoms in total. The van der Waals surface area contributed by atoms with Crippen LogP contribution in [0.2, 0.25) is 0 Å². The van der Waals surface area contributed by atoms with Crippen LogP contribution in [-0.2, 0) is 6.42 Å². The van der Waals surface area contributed by atoms with Gasteiger partial charge in [-0.2, -0.15) is 0 Å². The Bertz CT molecular complexity index is 719. The average molecular weight is 331 g/mol. The molecular weight excluding hydrogens is 319 g/mol. The number of hydrogen-bond acceptors (Lipinski definition) is 1. The molecule has 3 heteroatoms. The molecule has 3 rings (SSSR count). The van der Waals surface area contributed by atoms with Gasteiger partial charge in [-0.3, -0.25) is 4.79 Å². The predicted octanol–water partition coefficient (Wildman–Crippen LogP) is 4.80. The number of Topliss-reactive ketones (excluding diaryl/α,β-unsaturated/α-hetero) is 1. The van der Waals surface area contributed by atoms with E-state index in [4.69, 9.17) is 0 Å². The summed E-state index contributed by atoms with van der Waals surface area (Å²) in [6, 6.07) is 12.5. The highest BCUT2D eigenvalue weighted by atomic mass is 79.9. The van der Waals surface area contributed by atoms with Crippen LogP contribution in [0.25, 0.3) is 6.08 Å². The zero-order chi connectivity index (χ0) is 14.1. The number of benzene rings is 2. The highest BCUT2D eigenvalue weighted by Crippen LogP contribution is 2.27. The van der Waals surface area contributed by atoms with Gasteiger partial charge < -0.3 is 0 Å². The Balaban J connectivity index is 1.97. The number of carbonyl (C=O) groups is 1. The molecule has 0 aromatic heterocycles. The molecule has 2 aromatic rings. The summed E-state index contributed by atoms with van der Waals surface area (Å²) in [7, 11) is 0. The Kier molecular flexibility index (Phi) is 3.53. The Morgan fingerprint density at radius 1 is 1.10 bits per heavy atom. The highest BCUT2D eigenvalue weighted by Gasteiger charge is 2.21. The van der Waals surface area contributed by atoms with Gasteiger partial charge in [-0.25, -0.2) is 4.39 Å². The summed E-state index contributed by atoms with van der Waals surface area (Å²) < 4.78 is 13.6. The van der Waals surface area contributed by atoms with E-state index >= 15 is 0 Å². The Morgan fingerprint density at radius 3 is 2.70 bits per heavy atom. The van der Waals surface area contributed by atoms with E-state index in [9.17, 15) is 9.18 Å². The molecule has 0 fully saturated rings. The van der Waals surface area contributed by atoms with E-state index in [1.165, 1.54) is 6.07 Å². The molecular formula is C17H12BrFO. The summed E-state index contributed by atoms with van der Waals surface area (Å²) >= 11 is 3.16. The molecule has 0 bridgehead atoms. The van der Waals surface area contributed by atoms with Crippen LogP contribution in [0.15, 0.2) is 52.5 Å². The molecule has 1 aliphatic rings. The smallest absolute Gasteiger partial charge is 0.189 e. The Labute approximate surface area is 125 Å². The van der Waals surface area contributed by atoms with Crippen LogP contribution in [0.4, 0.5) is 4.39 Å². The topological polar surface area (TPSA) is 17.1 Å². The maximum absolute atomic E-state index is 13.2. The third kappa shape index (κ3) is 2.46. The second-order valence-corrected chi connectivity index (χ2v) is 5.68. The van der Waals surface area contributed by atoms with Crippen LogP contribution < -0.4 is 0 Å². The number of allylic oxidation sites excluding steroid dienone is 1. The number of carbonyl (C=O) groups excluding carboxylic acids is 1. The van der Waals surface area contributed by atoms with E-state index in [2.05, 4.69) is 15.9 Å². The minimum Gasteiger partial charge on any atom is -0.289 e. The predicted molar refractivity (Wildman–Crippen MR) is 81.2 cm³/mol. The van der Waals surface area contributed by atoms with Crippen molar-refractivity contribution in [3.05, 3.63) is 75.0 Å². The van der Waals surface area contributed by atoms with Crippen molar-refractivity contribution in [1.29, 1.82) is 0 Å². The first-order chi connectivity index (χ1) is 9.65. The first-order valence-corrected chi connectivity index (χ1v) is 7.22. The quantitative estimate of drug-likeness (QED) is 0.686. The Hall–Kier alpha value is -1.74. The highest BCUT2D eigenvalue weighted by molar-refractivity contribution is 9.10. The largest absolute Gasteiger partial charge is 0.289 e. The maximum Gasteiger partial charge on any atom is 0.189 e. The van der Waals surface area contributed by atoms with Crippen molar-refractivity contribution >= 4 is 27.8 Å². The van der Waals surface area contributed by atoms with Gasteiger partial charge in [0.2, 0.25) is 0 Å². The van der Waals surface area contributed by atoms with Gasteiger partial charge in [0.15, 0.2) is 5.78 Å². The van der Waals surface area contributed by atoms with Crippen LogP contribution in [0.1, 0.15) is 27.9 Å². The number of hydrogen-bond donors (Lipinski definition) is 0. The van der Waals surface area contributed by atoms with E-state index in [1.807, 2.05) is 30.3 Å². The molecule has 0 unspecified atom stereocenters. The van der Waals surface area contributed by atoms with E-state index < -0.39 is 0 Å². The van der Waals surface area contributed by atoms with E-state index in [-0.39, 0.29) is 11.6 Å². The molecule has 0 saturated heterocycles. The van der Waals surface area contributed by atoms with Gasteiger partial charge in [-0.15, -0.1) is 0 Å². The molecule has 0 amide bonds. The number of fused-ring (bicyclic) bond motifs is 1. The van der Waals surface area contributed by atoms with E-state index in [0.717, 1.165) is 35.1 Å². The summed E-state index contributed by atoms with van der Waals surface area (Å²) in [4.78, 5) is 12.4. The first-order valence-electron chi connectivity index (χ1n) is 6.43. The molecule has 1 aliphatic carbocycles. The fraction of sp³-hybridized carbons (Fsp3) is 0.118. The molecule has 0 heterocycles.